The largest absolute Gasteiger partial charge is 0.319 e. The van der Waals surface area contributed by atoms with E-state index < -0.39 is 5.54 Å². The third kappa shape index (κ3) is 2.86. The average molecular weight is 188 g/mol. The third-order valence-corrected chi connectivity index (χ3v) is 2.11. The number of nitriles is 1. The summed E-state index contributed by atoms with van der Waals surface area (Å²) in [5, 5.41) is 8.82. The van der Waals surface area contributed by atoms with Gasteiger partial charge in [-0.1, -0.05) is 25.5 Å². The molecule has 0 saturated carbocycles. The Labute approximate surface area is 85.4 Å². The average Bonchev–Trinajstić information content (AvgIpc) is 2.24. The van der Waals surface area contributed by atoms with E-state index in [4.69, 9.17) is 11.0 Å². The van der Waals surface area contributed by atoms with Crippen LogP contribution in [0.2, 0.25) is 0 Å². The van der Waals surface area contributed by atoms with Crippen LogP contribution < -0.4 is 5.73 Å². The molecular formula is C12H16N2. The molecule has 0 aromatic rings. The molecule has 1 atom stereocenters. The van der Waals surface area contributed by atoms with Gasteiger partial charge in [0.25, 0.3) is 0 Å². The van der Waals surface area contributed by atoms with Gasteiger partial charge in [-0.15, -0.1) is 0 Å². The fourth-order valence-electron chi connectivity index (χ4n) is 1.58. The summed E-state index contributed by atoms with van der Waals surface area (Å²) < 4.78 is 0. The van der Waals surface area contributed by atoms with Crippen molar-refractivity contribution in [2.75, 3.05) is 0 Å². The van der Waals surface area contributed by atoms with Crippen LogP contribution in [0.15, 0.2) is 35.5 Å². The minimum absolute atomic E-state index is 0.501. The zero-order chi connectivity index (χ0) is 10.6. The van der Waals surface area contributed by atoms with Gasteiger partial charge in [0.1, 0.15) is 0 Å². The first-order valence-electron chi connectivity index (χ1n) is 4.89. The second kappa shape index (κ2) is 4.26. The first-order chi connectivity index (χ1) is 6.57. The van der Waals surface area contributed by atoms with Gasteiger partial charge in [0, 0.05) is 0 Å². The Balaban J connectivity index is 2.99. The lowest BCUT2D eigenvalue weighted by Gasteiger charge is -2.15. The fourth-order valence-corrected chi connectivity index (χ4v) is 1.58. The predicted molar refractivity (Wildman–Crippen MR) is 58.4 cm³/mol. The molecule has 0 saturated heterocycles. The summed E-state index contributed by atoms with van der Waals surface area (Å²) in [7, 11) is 0. The summed E-state index contributed by atoms with van der Waals surface area (Å²) in [5.41, 5.74) is 7.36. The maximum absolute atomic E-state index is 8.82. The van der Waals surface area contributed by atoms with E-state index in [1.165, 1.54) is 5.57 Å². The van der Waals surface area contributed by atoms with Gasteiger partial charge in [0.05, 0.1) is 17.2 Å². The highest BCUT2D eigenvalue weighted by Gasteiger charge is 2.15. The molecule has 0 amide bonds. The van der Waals surface area contributed by atoms with Gasteiger partial charge in [-0.25, -0.2) is 0 Å². The summed E-state index contributed by atoms with van der Waals surface area (Å²) in [5.74, 6) is 0. The number of hydrogen-bond donors (Lipinski definition) is 1. The van der Waals surface area contributed by atoms with E-state index in [2.05, 4.69) is 13.0 Å². The molecular weight excluding hydrogens is 172 g/mol. The van der Waals surface area contributed by atoms with Crippen molar-refractivity contribution >= 4 is 0 Å². The van der Waals surface area contributed by atoms with Gasteiger partial charge in [-0.2, -0.15) is 5.26 Å². The monoisotopic (exact) mass is 188 g/mol. The van der Waals surface area contributed by atoms with Crippen LogP contribution in [-0.2, 0) is 0 Å². The molecule has 0 spiro atoms. The molecule has 74 valence electrons. The van der Waals surface area contributed by atoms with Crippen LogP contribution in [0, 0.1) is 11.3 Å². The second-order valence-electron chi connectivity index (χ2n) is 3.88. The summed E-state index contributed by atoms with van der Waals surface area (Å²) in [6.07, 6.45) is 9.74. The van der Waals surface area contributed by atoms with Crippen LogP contribution in [0.3, 0.4) is 0 Å². The van der Waals surface area contributed by atoms with Gasteiger partial charge in [0.15, 0.2) is 0 Å². The van der Waals surface area contributed by atoms with Crippen LogP contribution in [0.5, 0.6) is 0 Å². The normalized spacial score (nSPS) is 26.1. The van der Waals surface area contributed by atoms with E-state index in [-0.39, 0.29) is 0 Å². The SMILES string of the molecule is CCCC1=CC(C)(N)C=C(C#N)C=C1. The molecule has 1 aliphatic rings. The molecule has 14 heavy (non-hydrogen) atoms. The topological polar surface area (TPSA) is 49.8 Å². The van der Waals surface area contributed by atoms with E-state index in [1.807, 2.05) is 25.2 Å². The van der Waals surface area contributed by atoms with Crippen molar-refractivity contribution in [1.29, 1.82) is 5.26 Å². The Morgan fingerprint density at radius 1 is 1.43 bits per heavy atom. The van der Waals surface area contributed by atoms with E-state index in [1.54, 1.807) is 6.08 Å². The van der Waals surface area contributed by atoms with Gasteiger partial charge in [-0.05, 0) is 31.1 Å². The first kappa shape index (κ1) is 10.7. The Bertz CT molecular complexity index is 338. The summed E-state index contributed by atoms with van der Waals surface area (Å²) in [6.45, 7) is 4.04. The molecule has 2 N–H and O–H groups in total. The molecule has 2 nitrogen and oxygen atoms in total. The molecule has 0 aromatic carbocycles. The van der Waals surface area contributed by atoms with Gasteiger partial charge >= 0.3 is 0 Å². The van der Waals surface area contributed by atoms with Gasteiger partial charge < -0.3 is 5.73 Å². The van der Waals surface area contributed by atoms with Crippen LogP contribution in [0.1, 0.15) is 26.7 Å². The van der Waals surface area contributed by atoms with Crippen LogP contribution in [0.4, 0.5) is 0 Å². The number of nitrogens with zero attached hydrogens (tertiary/aromatic N) is 1. The third-order valence-electron chi connectivity index (χ3n) is 2.11. The molecule has 0 fully saturated rings. The molecule has 1 unspecified atom stereocenters. The van der Waals surface area contributed by atoms with Gasteiger partial charge in [0.2, 0.25) is 0 Å². The molecule has 0 bridgehead atoms. The van der Waals surface area contributed by atoms with Crippen molar-refractivity contribution in [1.82, 2.24) is 0 Å². The van der Waals surface area contributed by atoms with Crippen LogP contribution in [-0.4, -0.2) is 5.54 Å². The van der Waals surface area contributed by atoms with Crippen molar-refractivity contribution in [3.63, 3.8) is 0 Å². The van der Waals surface area contributed by atoms with E-state index >= 15 is 0 Å². The molecule has 0 aliphatic heterocycles. The number of rotatable bonds is 2. The van der Waals surface area contributed by atoms with Crippen LogP contribution >= 0.6 is 0 Å². The Kier molecular flexibility index (Phi) is 3.27. The minimum atomic E-state index is -0.501. The number of hydrogen-bond acceptors (Lipinski definition) is 2. The molecule has 0 aromatic heterocycles. The highest BCUT2D eigenvalue weighted by Crippen LogP contribution is 2.19. The summed E-state index contributed by atoms with van der Waals surface area (Å²) >= 11 is 0. The van der Waals surface area contributed by atoms with Crippen molar-refractivity contribution in [2.24, 2.45) is 5.73 Å². The quantitative estimate of drug-likeness (QED) is 0.723. The van der Waals surface area contributed by atoms with Crippen molar-refractivity contribution in [2.45, 2.75) is 32.2 Å². The standard InChI is InChI=1S/C12H16N2/c1-3-4-10-5-6-11(9-13)8-12(2,14)7-10/h5-8H,3-4,14H2,1-2H3. The molecule has 0 radical (unpaired) electrons. The van der Waals surface area contributed by atoms with E-state index in [9.17, 15) is 0 Å². The molecule has 0 heterocycles. The van der Waals surface area contributed by atoms with E-state index in [0.717, 1.165) is 12.8 Å². The molecule has 1 aliphatic carbocycles. The lowest BCUT2D eigenvalue weighted by atomic mass is 9.98. The van der Waals surface area contributed by atoms with Crippen molar-refractivity contribution in [3.05, 3.63) is 35.5 Å². The Morgan fingerprint density at radius 2 is 2.14 bits per heavy atom. The smallest absolute Gasteiger partial charge is 0.0989 e. The highest BCUT2D eigenvalue weighted by molar-refractivity contribution is 5.44. The first-order valence-corrected chi connectivity index (χ1v) is 4.89. The molecule has 2 heteroatoms. The lowest BCUT2D eigenvalue weighted by molar-refractivity contribution is 0.723. The zero-order valence-electron chi connectivity index (χ0n) is 8.75. The van der Waals surface area contributed by atoms with Crippen molar-refractivity contribution < 1.29 is 0 Å². The van der Waals surface area contributed by atoms with Crippen LogP contribution in [0.25, 0.3) is 0 Å². The maximum Gasteiger partial charge on any atom is 0.0989 e. The summed E-state index contributed by atoms with van der Waals surface area (Å²) in [6, 6.07) is 2.12. The maximum atomic E-state index is 8.82. The predicted octanol–water partition coefficient (Wildman–Crippen LogP) is 2.45. The van der Waals surface area contributed by atoms with Gasteiger partial charge in [-0.3, -0.25) is 0 Å². The van der Waals surface area contributed by atoms with Crippen molar-refractivity contribution in [3.8, 4) is 6.07 Å². The fraction of sp³-hybridized carbons (Fsp3) is 0.417. The Hall–Kier alpha value is -1.33. The van der Waals surface area contributed by atoms with E-state index in [0.29, 0.717) is 5.57 Å². The number of allylic oxidation sites excluding steroid dienone is 4. The highest BCUT2D eigenvalue weighted by atomic mass is 14.7. The summed E-state index contributed by atoms with van der Waals surface area (Å²) in [4.78, 5) is 0. The Morgan fingerprint density at radius 3 is 2.71 bits per heavy atom. The number of nitrogens with two attached hydrogens (primary N) is 1. The second-order valence-corrected chi connectivity index (χ2v) is 3.88. The molecule has 1 rings (SSSR count). The minimum Gasteiger partial charge on any atom is -0.319 e. The lowest BCUT2D eigenvalue weighted by Crippen LogP contribution is -2.31. The zero-order valence-corrected chi connectivity index (χ0v) is 8.75.